The molecule has 0 aliphatic carbocycles. The van der Waals surface area contributed by atoms with Gasteiger partial charge in [0.05, 0.1) is 13.2 Å². The molecule has 0 rings (SSSR count). The van der Waals surface area contributed by atoms with Crippen molar-refractivity contribution >= 4 is 11.9 Å². The van der Waals surface area contributed by atoms with Crippen molar-refractivity contribution in [1.29, 1.82) is 0 Å². The second-order valence-corrected chi connectivity index (χ2v) is 4.15. The number of aliphatic hydroxyl groups excluding tert-OH is 1. The van der Waals surface area contributed by atoms with Gasteiger partial charge in [-0.25, -0.2) is 9.59 Å². The SMILES string of the molecule is COCC(COC)(COC(=O)C(C)OC(=O)CO)OC. The van der Waals surface area contributed by atoms with E-state index in [0.717, 1.165) is 0 Å². The maximum absolute atomic E-state index is 11.6. The Bertz CT molecular complexity index is 298. The highest BCUT2D eigenvalue weighted by atomic mass is 16.6. The Morgan fingerprint density at radius 2 is 1.65 bits per heavy atom. The highest BCUT2D eigenvalue weighted by Crippen LogP contribution is 2.13. The molecule has 0 saturated heterocycles. The van der Waals surface area contributed by atoms with E-state index in [9.17, 15) is 9.59 Å². The summed E-state index contributed by atoms with van der Waals surface area (Å²) in [5.41, 5.74) is -0.931. The fraction of sp³-hybridized carbons (Fsp3) is 0.833. The monoisotopic (exact) mass is 294 g/mol. The quantitative estimate of drug-likeness (QED) is 0.519. The van der Waals surface area contributed by atoms with Crippen LogP contribution in [-0.4, -0.2) is 76.5 Å². The molecule has 1 N–H and O–H groups in total. The van der Waals surface area contributed by atoms with Crippen LogP contribution in [0, 0.1) is 0 Å². The van der Waals surface area contributed by atoms with Crippen molar-refractivity contribution in [2.24, 2.45) is 0 Å². The van der Waals surface area contributed by atoms with E-state index in [1.165, 1.54) is 28.3 Å². The molecule has 1 unspecified atom stereocenters. The van der Waals surface area contributed by atoms with Crippen molar-refractivity contribution in [3.8, 4) is 0 Å². The minimum atomic E-state index is -1.12. The van der Waals surface area contributed by atoms with Crippen molar-refractivity contribution in [2.75, 3.05) is 47.8 Å². The first-order chi connectivity index (χ1) is 9.44. The van der Waals surface area contributed by atoms with Gasteiger partial charge in [-0.15, -0.1) is 0 Å². The van der Waals surface area contributed by atoms with Crippen molar-refractivity contribution in [2.45, 2.75) is 18.6 Å². The summed E-state index contributed by atoms with van der Waals surface area (Å²) in [4.78, 5) is 22.5. The number of esters is 2. The minimum absolute atomic E-state index is 0.120. The van der Waals surface area contributed by atoms with Crippen LogP contribution in [0.1, 0.15) is 6.92 Å². The first kappa shape index (κ1) is 18.8. The number of hydrogen-bond donors (Lipinski definition) is 1. The molecular weight excluding hydrogens is 272 g/mol. The van der Waals surface area contributed by atoms with Gasteiger partial charge in [-0.05, 0) is 6.92 Å². The Kier molecular flexibility index (Phi) is 9.06. The van der Waals surface area contributed by atoms with Gasteiger partial charge in [0.15, 0.2) is 6.10 Å². The van der Waals surface area contributed by atoms with Crippen LogP contribution in [0.5, 0.6) is 0 Å². The number of rotatable bonds is 10. The Hall–Kier alpha value is -1.22. The zero-order chi connectivity index (χ0) is 15.6. The Morgan fingerprint density at radius 1 is 1.10 bits per heavy atom. The highest BCUT2D eigenvalue weighted by molar-refractivity contribution is 5.79. The summed E-state index contributed by atoms with van der Waals surface area (Å²) in [6, 6.07) is 0. The van der Waals surface area contributed by atoms with E-state index in [0.29, 0.717) is 0 Å². The number of aliphatic hydroxyl groups is 1. The predicted molar refractivity (Wildman–Crippen MR) is 67.1 cm³/mol. The standard InChI is InChI=1S/C12H22O8/c1-9(20-10(14)5-13)11(15)19-8-12(18-4,6-16-2)7-17-3/h9,13H,5-8H2,1-4H3. The van der Waals surface area contributed by atoms with Crippen LogP contribution in [0.4, 0.5) is 0 Å². The van der Waals surface area contributed by atoms with E-state index in [-0.39, 0.29) is 19.8 Å². The van der Waals surface area contributed by atoms with E-state index < -0.39 is 30.3 Å². The average Bonchev–Trinajstić information content (AvgIpc) is 2.44. The van der Waals surface area contributed by atoms with Crippen LogP contribution < -0.4 is 0 Å². The number of methoxy groups -OCH3 is 3. The lowest BCUT2D eigenvalue weighted by molar-refractivity contribution is -0.180. The molecule has 0 aliphatic heterocycles. The first-order valence-corrected chi connectivity index (χ1v) is 5.94. The number of ether oxygens (including phenoxy) is 5. The lowest BCUT2D eigenvalue weighted by Gasteiger charge is -2.30. The van der Waals surface area contributed by atoms with Gasteiger partial charge in [0.25, 0.3) is 0 Å². The van der Waals surface area contributed by atoms with Gasteiger partial charge in [-0.3, -0.25) is 0 Å². The summed E-state index contributed by atoms with van der Waals surface area (Å²) in [6.45, 7) is 0.750. The fourth-order valence-electron chi connectivity index (χ4n) is 1.43. The minimum Gasteiger partial charge on any atom is -0.460 e. The van der Waals surface area contributed by atoms with Crippen molar-refractivity contribution in [1.82, 2.24) is 0 Å². The molecule has 0 aromatic rings. The van der Waals surface area contributed by atoms with E-state index in [1.54, 1.807) is 0 Å². The molecule has 0 aromatic carbocycles. The summed E-state index contributed by atoms with van der Waals surface area (Å²) in [5, 5.41) is 8.52. The van der Waals surface area contributed by atoms with Gasteiger partial charge in [0.2, 0.25) is 0 Å². The van der Waals surface area contributed by atoms with Gasteiger partial charge < -0.3 is 28.8 Å². The highest BCUT2D eigenvalue weighted by Gasteiger charge is 2.33. The molecule has 0 spiro atoms. The second-order valence-electron chi connectivity index (χ2n) is 4.15. The van der Waals surface area contributed by atoms with E-state index in [1.807, 2.05) is 0 Å². The molecule has 0 radical (unpaired) electrons. The lowest BCUT2D eigenvalue weighted by atomic mass is 10.1. The molecule has 1 atom stereocenters. The smallest absolute Gasteiger partial charge is 0.347 e. The number of hydrogen-bond acceptors (Lipinski definition) is 8. The van der Waals surface area contributed by atoms with Crippen molar-refractivity contribution < 1.29 is 38.4 Å². The summed E-state index contributed by atoms with van der Waals surface area (Å²) >= 11 is 0. The Balaban J connectivity index is 4.45. The van der Waals surface area contributed by atoms with Crippen molar-refractivity contribution in [3.63, 3.8) is 0 Å². The van der Waals surface area contributed by atoms with Gasteiger partial charge in [-0.1, -0.05) is 0 Å². The third kappa shape index (κ3) is 6.29. The molecule has 8 heteroatoms. The number of carbonyl (C=O) groups excluding carboxylic acids is 2. The molecule has 0 amide bonds. The Morgan fingerprint density at radius 3 is 2.05 bits per heavy atom. The fourth-order valence-corrected chi connectivity index (χ4v) is 1.43. The molecule has 0 bridgehead atoms. The molecule has 20 heavy (non-hydrogen) atoms. The second kappa shape index (κ2) is 9.65. The van der Waals surface area contributed by atoms with Gasteiger partial charge in [-0.2, -0.15) is 0 Å². The van der Waals surface area contributed by atoms with Crippen LogP contribution in [0.2, 0.25) is 0 Å². The van der Waals surface area contributed by atoms with E-state index in [4.69, 9.17) is 24.1 Å². The predicted octanol–water partition coefficient (Wildman–Crippen LogP) is -0.868. The van der Waals surface area contributed by atoms with E-state index >= 15 is 0 Å². The third-order valence-electron chi connectivity index (χ3n) is 2.49. The first-order valence-electron chi connectivity index (χ1n) is 5.94. The Labute approximate surface area is 117 Å². The largest absolute Gasteiger partial charge is 0.460 e. The molecule has 0 aliphatic rings. The van der Waals surface area contributed by atoms with Crippen LogP contribution in [0.15, 0.2) is 0 Å². The van der Waals surface area contributed by atoms with Gasteiger partial charge in [0.1, 0.15) is 18.8 Å². The molecule has 0 heterocycles. The van der Waals surface area contributed by atoms with Crippen LogP contribution in [-0.2, 0) is 33.3 Å². The van der Waals surface area contributed by atoms with Gasteiger partial charge in [0, 0.05) is 21.3 Å². The molecule has 0 fully saturated rings. The summed E-state index contributed by atoms with van der Waals surface area (Å²) in [6.07, 6.45) is -1.12. The normalized spacial score (nSPS) is 12.8. The maximum Gasteiger partial charge on any atom is 0.347 e. The zero-order valence-corrected chi connectivity index (χ0v) is 12.2. The van der Waals surface area contributed by atoms with E-state index in [2.05, 4.69) is 4.74 Å². The average molecular weight is 294 g/mol. The molecular formula is C12H22O8. The topological polar surface area (TPSA) is 101 Å². The molecule has 0 saturated carbocycles. The molecule has 8 nitrogen and oxygen atoms in total. The van der Waals surface area contributed by atoms with Gasteiger partial charge >= 0.3 is 11.9 Å². The maximum atomic E-state index is 11.6. The zero-order valence-electron chi connectivity index (χ0n) is 12.2. The molecule has 118 valence electrons. The third-order valence-corrected chi connectivity index (χ3v) is 2.49. The van der Waals surface area contributed by atoms with Crippen LogP contribution >= 0.6 is 0 Å². The molecule has 0 aromatic heterocycles. The van der Waals surface area contributed by atoms with Crippen LogP contribution in [0.3, 0.4) is 0 Å². The summed E-state index contributed by atoms with van der Waals surface area (Å²) in [5.74, 6) is -1.65. The van der Waals surface area contributed by atoms with Crippen molar-refractivity contribution in [3.05, 3.63) is 0 Å². The number of carbonyl (C=O) groups is 2. The summed E-state index contributed by atoms with van der Waals surface area (Å²) < 4.78 is 24.9. The lowest BCUT2D eigenvalue weighted by Crippen LogP contribution is -2.47. The summed E-state index contributed by atoms with van der Waals surface area (Å²) in [7, 11) is 4.41. The van der Waals surface area contributed by atoms with Crippen LogP contribution in [0.25, 0.3) is 0 Å².